The molecule has 4 aromatic carbocycles. The zero-order valence-electron chi connectivity index (χ0n) is 20.8. The third kappa shape index (κ3) is 6.89. The van der Waals surface area contributed by atoms with Crippen LogP contribution in [0.4, 0.5) is 17.1 Å². The normalized spacial score (nSPS) is 11.6. The molecule has 4 aromatic rings. The Morgan fingerprint density at radius 2 is 1.40 bits per heavy atom. The Balaban J connectivity index is 1.55. The fourth-order valence-corrected chi connectivity index (χ4v) is 6.73. The summed E-state index contributed by atoms with van der Waals surface area (Å²) < 4.78 is 55.9. The summed E-state index contributed by atoms with van der Waals surface area (Å²) in [6, 6.07) is 22.0. The lowest BCUT2D eigenvalue weighted by Gasteiger charge is -2.25. The van der Waals surface area contributed by atoms with Crippen LogP contribution >= 0.6 is 34.8 Å². The Labute approximate surface area is 247 Å². The van der Waals surface area contributed by atoms with Crippen molar-refractivity contribution in [1.29, 1.82) is 0 Å². The van der Waals surface area contributed by atoms with E-state index in [0.717, 1.165) is 9.87 Å². The maximum Gasteiger partial charge on any atom is 0.264 e. The van der Waals surface area contributed by atoms with Gasteiger partial charge in [-0.25, -0.2) is 16.8 Å². The molecule has 4 rings (SSSR count). The lowest BCUT2D eigenvalue weighted by molar-refractivity contribution is -0.114. The number of amides is 1. The molecule has 0 saturated heterocycles. The predicted octanol–water partition coefficient (Wildman–Crippen LogP) is 6.59. The fourth-order valence-electron chi connectivity index (χ4n) is 3.62. The molecule has 0 heterocycles. The van der Waals surface area contributed by atoms with Gasteiger partial charge in [-0.2, -0.15) is 0 Å². The molecule has 0 aliphatic rings. The van der Waals surface area contributed by atoms with Gasteiger partial charge in [0, 0.05) is 15.7 Å². The standard InChI is InChI=1S/C27H22Cl3N3O5S2/c1-18-7-9-21(16-25(18)30)32-39(35,36)22-12-10-20(11-13-22)31-27(34)17-33(26-15-19(28)8-14-24(26)29)40(37,38)23-5-3-2-4-6-23/h2-16,32H,17H2,1H3,(H,31,34). The van der Waals surface area contributed by atoms with Crippen molar-refractivity contribution in [3.63, 3.8) is 0 Å². The van der Waals surface area contributed by atoms with Gasteiger partial charge in [0.25, 0.3) is 20.0 Å². The van der Waals surface area contributed by atoms with Gasteiger partial charge in [-0.15, -0.1) is 0 Å². The maximum absolute atomic E-state index is 13.5. The van der Waals surface area contributed by atoms with Gasteiger partial charge >= 0.3 is 0 Å². The summed E-state index contributed by atoms with van der Waals surface area (Å²) in [5.74, 6) is -0.696. The van der Waals surface area contributed by atoms with Crippen molar-refractivity contribution >= 4 is 77.8 Å². The van der Waals surface area contributed by atoms with Gasteiger partial charge in [0.15, 0.2) is 0 Å². The Morgan fingerprint density at radius 1 is 0.750 bits per heavy atom. The van der Waals surface area contributed by atoms with E-state index in [-0.39, 0.29) is 31.2 Å². The first-order valence-electron chi connectivity index (χ1n) is 11.6. The van der Waals surface area contributed by atoms with Gasteiger partial charge in [-0.05, 0) is 79.2 Å². The van der Waals surface area contributed by atoms with Crippen LogP contribution in [-0.2, 0) is 24.8 Å². The van der Waals surface area contributed by atoms with Crippen LogP contribution in [0.5, 0.6) is 0 Å². The summed E-state index contributed by atoms with van der Waals surface area (Å²) >= 11 is 18.5. The van der Waals surface area contributed by atoms with Crippen molar-refractivity contribution < 1.29 is 21.6 Å². The van der Waals surface area contributed by atoms with E-state index >= 15 is 0 Å². The molecular weight excluding hydrogens is 617 g/mol. The van der Waals surface area contributed by atoms with Gasteiger partial charge in [0.1, 0.15) is 6.54 Å². The monoisotopic (exact) mass is 637 g/mol. The second-order valence-electron chi connectivity index (χ2n) is 8.56. The summed E-state index contributed by atoms with van der Waals surface area (Å²) in [4.78, 5) is 12.9. The predicted molar refractivity (Wildman–Crippen MR) is 160 cm³/mol. The molecule has 208 valence electrons. The lowest BCUT2D eigenvalue weighted by Crippen LogP contribution is -2.38. The largest absolute Gasteiger partial charge is 0.325 e. The van der Waals surface area contributed by atoms with Crippen molar-refractivity contribution in [2.75, 3.05) is 20.9 Å². The fraction of sp³-hybridized carbons (Fsp3) is 0.0741. The summed E-state index contributed by atoms with van der Waals surface area (Å²) in [5.41, 5.74) is 1.37. The van der Waals surface area contributed by atoms with E-state index in [1.165, 1.54) is 60.7 Å². The van der Waals surface area contributed by atoms with E-state index in [4.69, 9.17) is 34.8 Å². The van der Waals surface area contributed by atoms with Crippen LogP contribution < -0.4 is 14.3 Å². The summed E-state index contributed by atoms with van der Waals surface area (Å²) in [5, 5.41) is 3.31. The Hall–Kier alpha value is -3.28. The quantitative estimate of drug-likeness (QED) is 0.215. The van der Waals surface area contributed by atoms with E-state index in [1.54, 1.807) is 37.3 Å². The second kappa shape index (κ2) is 12.1. The van der Waals surface area contributed by atoms with E-state index in [2.05, 4.69) is 10.0 Å². The Morgan fingerprint density at radius 3 is 2.05 bits per heavy atom. The van der Waals surface area contributed by atoms with Crippen LogP contribution in [0.2, 0.25) is 15.1 Å². The van der Waals surface area contributed by atoms with Crippen molar-refractivity contribution in [3.05, 3.63) is 112 Å². The molecule has 0 aromatic heterocycles. The number of anilines is 3. The number of halogens is 3. The number of nitrogens with zero attached hydrogens (tertiary/aromatic N) is 1. The summed E-state index contributed by atoms with van der Waals surface area (Å²) in [6.07, 6.45) is 0. The van der Waals surface area contributed by atoms with Crippen LogP contribution in [0.25, 0.3) is 0 Å². The van der Waals surface area contributed by atoms with Crippen molar-refractivity contribution in [2.45, 2.75) is 16.7 Å². The van der Waals surface area contributed by atoms with Gasteiger partial charge in [0.05, 0.1) is 26.2 Å². The molecule has 8 nitrogen and oxygen atoms in total. The van der Waals surface area contributed by atoms with E-state index < -0.39 is 32.5 Å². The van der Waals surface area contributed by atoms with Gasteiger partial charge in [0.2, 0.25) is 5.91 Å². The van der Waals surface area contributed by atoms with Crippen LogP contribution in [-0.4, -0.2) is 29.3 Å². The molecule has 0 saturated carbocycles. The molecular formula is C27H22Cl3N3O5S2. The zero-order valence-corrected chi connectivity index (χ0v) is 24.7. The third-order valence-corrected chi connectivity index (χ3v) is 9.80. The highest BCUT2D eigenvalue weighted by Gasteiger charge is 2.29. The number of hydrogen-bond donors (Lipinski definition) is 2. The molecule has 0 aliphatic heterocycles. The van der Waals surface area contributed by atoms with Crippen molar-refractivity contribution in [1.82, 2.24) is 0 Å². The molecule has 40 heavy (non-hydrogen) atoms. The first-order valence-corrected chi connectivity index (χ1v) is 15.6. The minimum absolute atomic E-state index is 0.0249. The third-order valence-electron chi connectivity index (χ3n) is 5.67. The highest BCUT2D eigenvalue weighted by atomic mass is 35.5. The number of aryl methyl sites for hydroxylation is 1. The van der Waals surface area contributed by atoms with Gasteiger partial charge < -0.3 is 5.32 Å². The van der Waals surface area contributed by atoms with Crippen molar-refractivity contribution in [3.8, 4) is 0 Å². The maximum atomic E-state index is 13.5. The van der Waals surface area contributed by atoms with Crippen LogP contribution in [0, 0.1) is 6.92 Å². The Kier molecular flexibility index (Phi) is 8.96. The lowest BCUT2D eigenvalue weighted by atomic mass is 10.2. The van der Waals surface area contributed by atoms with Gasteiger partial charge in [-0.3, -0.25) is 13.8 Å². The summed E-state index contributed by atoms with van der Waals surface area (Å²) in [6.45, 7) is 1.17. The molecule has 13 heteroatoms. The SMILES string of the molecule is Cc1ccc(NS(=O)(=O)c2ccc(NC(=O)CN(c3cc(Cl)ccc3Cl)S(=O)(=O)c3ccccc3)cc2)cc1Cl. The first kappa shape index (κ1) is 29.7. The first-order chi connectivity index (χ1) is 18.9. The van der Waals surface area contributed by atoms with E-state index in [0.29, 0.717) is 10.7 Å². The molecule has 0 radical (unpaired) electrons. The van der Waals surface area contributed by atoms with E-state index in [9.17, 15) is 21.6 Å². The molecule has 0 fully saturated rings. The second-order valence-corrected chi connectivity index (χ2v) is 13.4. The van der Waals surface area contributed by atoms with Crippen LogP contribution in [0.15, 0.2) is 101 Å². The molecule has 0 unspecified atom stereocenters. The molecule has 1 amide bonds. The number of carbonyl (C=O) groups excluding carboxylic acids is 1. The highest BCUT2D eigenvalue weighted by molar-refractivity contribution is 7.93. The van der Waals surface area contributed by atoms with Crippen molar-refractivity contribution in [2.24, 2.45) is 0 Å². The zero-order chi connectivity index (χ0) is 29.1. The van der Waals surface area contributed by atoms with Gasteiger partial charge in [-0.1, -0.05) is 59.1 Å². The minimum atomic E-state index is -4.21. The summed E-state index contributed by atoms with van der Waals surface area (Å²) in [7, 11) is -8.15. The topological polar surface area (TPSA) is 113 Å². The molecule has 2 N–H and O–H groups in total. The average molecular weight is 639 g/mol. The Bertz CT molecular complexity index is 1770. The highest BCUT2D eigenvalue weighted by Crippen LogP contribution is 2.33. The molecule has 0 aliphatic carbocycles. The average Bonchev–Trinajstić information content (AvgIpc) is 2.91. The number of rotatable bonds is 9. The van der Waals surface area contributed by atoms with Crippen LogP contribution in [0.3, 0.4) is 0 Å². The minimum Gasteiger partial charge on any atom is -0.325 e. The van der Waals surface area contributed by atoms with E-state index in [1.807, 2.05) is 0 Å². The molecule has 0 spiro atoms. The number of sulfonamides is 2. The number of benzene rings is 4. The van der Waals surface area contributed by atoms with Crippen LogP contribution in [0.1, 0.15) is 5.56 Å². The molecule has 0 bridgehead atoms. The molecule has 0 atom stereocenters. The smallest absolute Gasteiger partial charge is 0.264 e. The number of hydrogen-bond acceptors (Lipinski definition) is 5. The number of nitrogens with one attached hydrogen (secondary N) is 2. The number of carbonyl (C=O) groups is 1.